The van der Waals surface area contributed by atoms with Crippen LogP contribution in [-0.2, 0) is 0 Å². The predicted octanol–water partition coefficient (Wildman–Crippen LogP) is 3.43. The second kappa shape index (κ2) is 4.25. The SMILES string of the molecule is [N-]=[N+]=NC(F)(F)C(=O)c1ccc(Cl)cc1. The molecule has 1 aromatic rings. The van der Waals surface area contributed by atoms with Gasteiger partial charge < -0.3 is 0 Å². The van der Waals surface area contributed by atoms with Crippen molar-refractivity contribution in [2.75, 3.05) is 0 Å². The third kappa shape index (κ3) is 2.65. The molecule has 0 unspecified atom stereocenters. The van der Waals surface area contributed by atoms with E-state index in [4.69, 9.17) is 17.1 Å². The van der Waals surface area contributed by atoms with Crippen molar-refractivity contribution in [2.24, 2.45) is 5.11 Å². The molecule has 0 aliphatic heterocycles. The molecule has 0 aromatic heterocycles. The number of Topliss-reactive ketones (excluding diaryl/α,β-unsaturated/α-hetero) is 1. The number of benzene rings is 1. The molecule has 1 rings (SSSR count). The van der Waals surface area contributed by atoms with Gasteiger partial charge in [-0.1, -0.05) is 11.6 Å². The molecule has 15 heavy (non-hydrogen) atoms. The van der Waals surface area contributed by atoms with Crippen molar-refractivity contribution in [2.45, 2.75) is 6.05 Å². The van der Waals surface area contributed by atoms with Crippen LogP contribution in [0, 0.1) is 0 Å². The van der Waals surface area contributed by atoms with E-state index < -0.39 is 11.8 Å². The molecule has 0 saturated carbocycles. The molecule has 78 valence electrons. The fraction of sp³-hybridized carbons (Fsp3) is 0.125. The van der Waals surface area contributed by atoms with E-state index >= 15 is 0 Å². The number of halogens is 3. The van der Waals surface area contributed by atoms with Gasteiger partial charge in [-0.05, 0) is 34.9 Å². The Morgan fingerprint density at radius 2 is 1.93 bits per heavy atom. The average molecular weight is 232 g/mol. The number of nitrogens with zero attached hydrogens (tertiary/aromatic N) is 3. The van der Waals surface area contributed by atoms with Gasteiger partial charge in [0.25, 0.3) is 0 Å². The molecule has 1 aromatic carbocycles. The first kappa shape index (κ1) is 11.4. The first-order valence-electron chi connectivity index (χ1n) is 3.72. The first-order valence-corrected chi connectivity index (χ1v) is 4.09. The van der Waals surface area contributed by atoms with Gasteiger partial charge in [0.15, 0.2) is 0 Å². The minimum Gasteiger partial charge on any atom is -0.287 e. The molecule has 7 heteroatoms. The van der Waals surface area contributed by atoms with Gasteiger partial charge in [0, 0.05) is 15.5 Å². The fourth-order valence-corrected chi connectivity index (χ4v) is 1.00. The van der Waals surface area contributed by atoms with E-state index in [2.05, 4.69) is 5.11 Å². The van der Waals surface area contributed by atoms with Crippen LogP contribution in [0.3, 0.4) is 0 Å². The summed E-state index contributed by atoms with van der Waals surface area (Å²) in [4.78, 5) is 13.0. The number of carbonyl (C=O) groups is 1. The second-order valence-corrected chi connectivity index (χ2v) is 3.00. The number of hydrogen-bond acceptors (Lipinski definition) is 2. The van der Waals surface area contributed by atoms with E-state index in [0.29, 0.717) is 5.02 Å². The summed E-state index contributed by atoms with van der Waals surface area (Å²) in [5.74, 6) is -1.56. The van der Waals surface area contributed by atoms with Gasteiger partial charge in [-0.2, -0.15) is 8.78 Å². The third-order valence-electron chi connectivity index (χ3n) is 1.55. The van der Waals surface area contributed by atoms with Crippen molar-refractivity contribution in [3.05, 3.63) is 45.3 Å². The second-order valence-electron chi connectivity index (χ2n) is 2.57. The molecular formula is C8H4ClF2N3O. The molecular weight excluding hydrogens is 228 g/mol. The fourth-order valence-electron chi connectivity index (χ4n) is 0.877. The zero-order valence-electron chi connectivity index (χ0n) is 7.19. The normalized spacial score (nSPS) is 10.6. The molecule has 0 atom stereocenters. The average Bonchev–Trinajstić information content (AvgIpc) is 2.18. The molecule has 0 saturated heterocycles. The van der Waals surface area contributed by atoms with Crippen LogP contribution < -0.4 is 0 Å². The smallest absolute Gasteiger partial charge is 0.287 e. The Kier molecular flexibility index (Phi) is 3.24. The molecule has 0 fully saturated rings. The molecule has 0 N–H and O–H groups in total. The van der Waals surface area contributed by atoms with Crippen molar-refractivity contribution < 1.29 is 13.6 Å². The molecule has 0 spiro atoms. The number of rotatable bonds is 3. The lowest BCUT2D eigenvalue weighted by atomic mass is 10.1. The van der Waals surface area contributed by atoms with Crippen molar-refractivity contribution in [1.82, 2.24) is 0 Å². The maximum Gasteiger partial charge on any atom is 0.387 e. The van der Waals surface area contributed by atoms with Gasteiger partial charge in [0.05, 0.1) is 0 Å². The monoisotopic (exact) mass is 231 g/mol. The topological polar surface area (TPSA) is 65.8 Å². The van der Waals surface area contributed by atoms with Crippen LogP contribution in [0.4, 0.5) is 8.78 Å². The lowest BCUT2D eigenvalue weighted by Gasteiger charge is -2.07. The van der Waals surface area contributed by atoms with Crippen molar-refractivity contribution in [3.8, 4) is 0 Å². The third-order valence-corrected chi connectivity index (χ3v) is 1.80. The van der Waals surface area contributed by atoms with Gasteiger partial charge in [-0.3, -0.25) is 4.79 Å². The molecule has 0 aliphatic rings. The standard InChI is InChI=1S/C8H4ClF2N3O/c9-6-3-1-5(2-4-6)7(15)8(10,11)13-14-12/h1-4H. The molecule has 0 radical (unpaired) electrons. The lowest BCUT2D eigenvalue weighted by molar-refractivity contribution is 0.0148. The lowest BCUT2D eigenvalue weighted by Crippen LogP contribution is -2.25. The summed E-state index contributed by atoms with van der Waals surface area (Å²) in [6.45, 7) is 0. The molecule has 0 amide bonds. The molecule has 4 nitrogen and oxygen atoms in total. The van der Waals surface area contributed by atoms with Crippen LogP contribution in [-0.4, -0.2) is 11.8 Å². The number of alkyl halides is 2. The van der Waals surface area contributed by atoms with E-state index in [0.717, 1.165) is 12.1 Å². The minimum absolute atomic E-state index is 0.267. The highest BCUT2D eigenvalue weighted by Crippen LogP contribution is 2.22. The Balaban J connectivity index is 3.04. The maximum atomic E-state index is 12.8. The summed E-state index contributed by atoms with van der Waals surface area (Å²) < 4.78 is 25.6. The summed E-state index contributed by atoms with van der Waals surface area (Å²) in [5, 5.41) is 2.44. The first-order chi connectivity index (χ1) is 6.97. The molecule has 0 bridgehead atoms. The number of carbonyl (C=O) groups excluding carboxylic acids is 1. The molecule has 0 heterocycles. The minimum atomic E-state index is -4.07. The Bertz CT molecular complexity index is 426. The zero-order valence-corrected chi connectivity index (χ0v) is 7.95. The van der Waals surface area contributed by atoms with Gasteiger partial charge >= 0.3 is 6.05 Å². The van der Waals surface area contributed by atoms with E-state index in [9.17, 15) is 13.6 Å². The highest BCUT2D eigenvalue weighted by Gasteiger charge is 2.38. The quantitative estimate of drug-likeness (QED) is 0.258. The van der Waals surface area contributed by atoms with Gasteiger partial charge in [-0.25, -0.2) is 0 Å². The number of azide groups is 1. The predicted molar refractivity (Wildman–Crippen MR) is 49.9 cm³/mol. The van der Waals surface area contributed by atoms with Gasteiger partial charge in [-0.15, -0.1) is 0 Å². The summed E-state index contributed by atoms with van der Waals surface area (Å²) in [5.41, 5.74) is 7.58. The van der Waals surface area contributed by atoms with Crippen LogP contribution >= 0.6 is 11.6 Å². The van der Waals surface area contributed by atoms with E-state index in [1.807, 2.05) is 4.91 Å². The van der Waals surface area contributed by atoms with Crippen molar-refractivity contribution in [1.29, 1.82) is 0 Å². The summed E-state index contributed by atoms with van der Waals surface area (Å²) in [6, 6.07) is 0.779. The highest BCUT2D eigenvalue weighted by atomic mass is 35.5. The summed E-state index contributed by atoms with van der Waals surface area (Å²) in [7, 11) is 0. The number of ketones is 1. The Labute approximate surface area is 88.1 Å². The van der Waals surface area contributed by atoms with Gasteiger partial charge in [0.2, 0.25) is 5.78 Å². The van der Waals surface area contributed by atoms with E-state index in [1.165, 1.54) is 12.1 Å². The van der Waals surface area contributed by atoms with Crippen LogP contribution in [0.15, 0.2) is 29.4 Å². The van der Waals surface area contributed by atoms with Crippen LogP contribution in [0.2, 0.25) is 5.02 Å². The van der Waals surface area contributed by atoms with Crippen molar-refractivity contribution >= 4 is 17.4 Å². The zero-order chi connectivity index (χ0) is 11.5. The number of hydrogen-bond donors (Lipinski definition) is 0. The molecule has 0 aliphatic carbocycles. The van der Waals surface area contributed by atoms with Crippen LogP contribution in [0.5, 0.6) is 0 Å². The van der Waals surface area contributed by atoms with Crippen molar-refractivity contribution in [3.63, 3.8) is 0 Å². The van der Waals surface area contributed by atoms with Gasteiger partial charge in [0.1, 0.15) is 0 Å². The summed E-state index contributed by atoms with van der Waals surface area (Å²) >= 11 is 5.51. The van der Waals surface area contributed by atoms with E-state index in [-0.39, 0.29) is 5.56 Å². The Morgan fingerprint density at radius 3 is 2.40 bits per heavy atom. The van der Waals surface area contributed by atoms with E-state index in [1.54, 1.807) is 0 Å². The highest BCUT2D eigenvalue weighted by molar-refractivity contribution is 6.30. The largest absolute Gasteiger partial charge is 0.387 e. The Morgan fingerprint density at radius 1 is 1.40 bits per heavy atom. The maximum absolute atomic E-state index is 12.8. The van der Waals surface area contributed by atoms with Crippen LogP contribution in [0.25, 0.3) is 10.4 Å². The van der Waals surface area contributed by atoms with Crippen LogP contribution in [0.1, 0.15) is 10.4 Å². The summed E-state index contributed by atoms with van der Waals surface area (Å²) in [6.07, 6.45) is 0. The Hall–Kier alpha value is -1.65.